The van der Waals surface area contributed by atoms with Crippen LogP contribution in [0.1, 0.15) is 28.8 Å². The van der Waals surface area contributed by atoms with Gasteiger partial charge in [-0.1, -0.05) is 11.2 Å². The molecule has 0 aliphatic heterocycles. The molecule has 1 unspecified atom stereocenters. The average molecular weight is 330 g/mol. The molecular formula is C16H18N4O2S. The quantitative estimate of drug-likeness (QED) is 0.693. The second-order valence-electron chi connectivity index (χ2n) is 5.19. The van der Waals surface area contributed by atoms with Crippen molar-refractivity contribution in [1.82, 2.24) is 20.4 Å². The number of nitrogens with zero attached hydrogens (tertiary/aromatic N) is 3. The molecule has 7 heteroatoms. The Hall–Kier alpha value is -2.09. The molecule has 0 saturated carbocycles. The van der Waals surface area contributed by atoms with Gasteiger partial charge in [-0.3, -0.25) is 4.98 Å². The van der Waals surface area contributed by atoms with Crippen molar-refractivity contribution in [2.45, 2.75) is 25.9 Å². The fourth-order valence-corrected chi connectivity index (χ4v) is 3.10. The zero-order valence-electron chi connectivity index (χ0n) is 12.8. The first-order valence-electron chi connectivity index (χ1n) is 7.39. The number of thiophene rings is 1. The van der Waals surface area contributed by atoms with Crippen LogP contribution < -0.4 is 5.32 Å². The second kappa shape index (κ2) is 7.45. The highest BCUT2D eigenvalue weighted by Crippen LogP contribution is 2.22. The highest BCUT2D eigenvalue weighted by Gasteiger charge is 2.14. The minimum atomic E-state index is 0.0763. The molecule has 3 aromatic rings. The number of pyridine rings is 1. The van der Waals surface area contributed by atoms with Crippen LogP contribution in [-0.2, 0) is 6.54 Å². The van der Waals surface area contributed by atoms with E-state index in [0.717, 1.165) is 5.56 Å². The molecule has 0 amide bonds. The summed E-state index contributed by atoms with van der Waals surface area (Å²) in [5, 5.41) is 18.6. The normalized spacial score (nSPS) is 12.4. The van der Waals surface area contributed by atoms with Crippen molar-refractivity contribution in [1.29, 1.82) is 0 Å². The predicted octanol–water partition coefficient (Wildman–Crippen LogP) is 2.71. The van der Waals surface area contributed by atoms with Crippen molar-refractivity contribution in [3.63, 3.8) is 0 Å². The van der Waals surface area contributed by atoms with Gasteiger partial charge in [-0.15, -0.1) is 11.3 Å². The van der Waals surface area contributed by atoms with E-state index in [2.05, 4.69) is 20.4 Å². The maximum atomic E-state index is 9.22. The minimum Gasteiger partial charge on any atom is -0.396 e. The van der Waals surface area contributed by atoms with Crippen molar-refractivity contribution in [2.24, 2.45) is 0 Å². The molecule has 23 heavy (non-hydrogen) atoms. The Bertz CT molecular complexity index is 742. The summed E-state index contributed by atoms with van der Waals surface area (Å²) < 4.78 is 5.28. The van der Waals surface area contributed by atoms with Crippen molar-refractivity contribution >= 4 is 11.3 Å². The summed E-state index contributed by atoms with van der Waals surface area (Å²) in [5.74, 6) is 0.989. The summed E-state index contributed by atoms with van der Waals surface area (Å²) in [5.41, 5.74) is 1.80. The fourth-order valence-electron chi connectivity index (χ4n) is 2.26. The van der Waals surface area contributed by atoms with E-state index in [0.29, 0.717) is 30.4 Å². The number of hydrogen-bond donors (Lipinski definition) is 2. The summed E-state index contributed by atoms with van der Waals surface area (Å²) >= 11 is 1.66. The van der Waals surface area contributed by atoms with Gasteiger partial charge in [-0.05, 0) is 42.5 Å². The zero-order chi connectivity index (χ0) is 16.1. The lowest BCUT2D eigenvalue weighted by Gasteiger charge is -2.14. The predicted molar refractivity (Wildman–Crippen MR) is 87.9 cm³/mol. The Morgan fingerprint density at radius 2 is 2.30 bits per heavy atom. The lowest BCUT2D eigenvalue weighted by atomic mass is 10.2. The largest absolute Gasteiger partial charge is 0.396 e. The molecule has 120 valence electrons. The van der Waals surface area contributed by atoms with Crippen LogP contribution in [0.3, 0.4) is 0 Å². The number of aliphatic hydroxyl groups is 1. The zero-order valence-corrected chi connectivity index (χ0v) is 13.6. The SMILES string of the molecule is Cc1ccnc(-c2noc(CNC(CCO)c3cccs3)n2)c1. The number of rotatable bonds is 7. The topological polar surface area (TPSA) is 84.1 Å². The van der Waals surface area contributed by atoms with Crippen molar-refractivity contribution in [3.8, 4) is 11.5 Å². The Morgan fingerprint density at radius 3 is 3.04 bits per heavy atom. The van der Waals surface area contributed by atoms with Gasteiger partial charge in [-0.25, -0.2) is 0 Å². The summed E-state index contributed by atoms with van der Waals surface area (Å²) in [6.07, 6.45) is 2.37. The molecule has 0 spiro atoms. The molecule has 3 rings (SSSR count). The van der Waals surface area contributed by atoms with Crippen LogP contribution in [0.5, 0.6) is 0 Å². The lowest BCUT2D eigenvalue weighted by Crippen LogP contribution is -2.21. The van der Waals surface area contributed by atoms with E-state index in [1.54, 1.807) is 17.5 Å². The van der Waals surface area contributed by atoms with Gasteiger partial charge in [-0.2, -0.15) is 4.98 Å². The third-order valence-corrected chi connectivity index (χ3v) is 4.40. The van der Waals surface area contributed by atoms with Gasteiger partial charge < -0.3 is 14.9 Å². The number of hydrogen-bond acceptors (Lipinski definition) is 7. The van der Waals surface area contributed by atoms with Gasteiger partial charge in [0, 0.05) is 23.7 Å². The van der Waals surface area contributed by atoms with Crippen molar-refractivity contribution < 1.29 is 9.63 Å². The number of aliphatic hydroxyl groups excluding tert-OH is 1. The smallest absolute Gasteiger partial charge is 0.240 e. The maximum Gasteiger partial charge on any atom is 0.240 e. The first kappa shape index (κ1) is 15.8. The van der Waals surface area contributed by atoms with Crippen LogP contribution in [0.15, 0.2) is 40.4 Å². The van der Waals surface area contributed by atoms with Gasteiger partial charge in [0.05, 0.1) is 6.54 Å². The number of nitrogens with one attached hydrogen (secondary N) is 1. The molecule has 0 aliphatic carbocycles. The highest BCUT2D eigenvalue weighted by atomic mass is 32.1. The van der Waals surface area contributed by atoms with E-state index in [-0.39, 0.29) is 12.6 Å². The van der Waals surface area contributed by atoms with Crippen LogP contribution in [0.25, 0.3) is 11.5 Å². The third kappa shape index (κ3) is 4.01. The van der Waals surface area contributed by atoms with Gasteiger partial charge in [0.15, 0.2) is 0 Å². The van der Waals surface area contributed by atoms with Crippen molar-refractivity contribution in [3.05, 3.63) is 52.2 Å². The van der Waals surface area contributed by atoms with Crippen molar-refractivity contribution in [2.75, 3.05) is 6.61 Å². The van der Waals surface area contributed by atoms with Gasteiger partial charge >= 0.3 is 0 Å². The standard InChI is InChI=1S/C16H18N4O2S/c1-11-4-6-17-13(9-11)16-19-15(22-20-16)10-18-12(5-7-21)14-3-2-8-23-14/h2-4,6,8-9,12,18,21H,5,7,10H2,1H3. The van der Waals surface area contributed by atoms with E-state index < -0.39 is 0 Å². The molecule has 0 saturated heterocycles. The van der Waals surface area contributed by atoms with E-state index in [4.69, 9.17) is 4.52 Å². The first-order valence-corrected chi connectivity index (χ1v) is 8.27. The van der Waals surface area contributed by atoms with Crippen LogP contribution in [-0.4, -0.2) is 26.8 Å². The van der Waals surface area contributed by atoms with E-state index in [1.165, 1.54) is 4.88 Å². The Morgan fingerprint density at radius 1 is 1.39 bits per heavy atom. The number of aryl methyl sites for hydroxylation is 1. The molecule has 0 radical (unpaired) electrons. The van der Waals surface area contributed by atoms with Gasteiger partial charge in [0.1, 0.15) is 5.69 Å². The maximum absolute atomic E-state index is 9.22. The van der Waals surface area contributed by atoms with E-state index in [9.17, 15) is 5.11 Å². The summed E-state index contributed by atoms with van der Waals surface area (Å²) in [4.78, 5) is 9.80. The molecule has 3 heterocycles. The van der Waals surface area contributed by atoms with Gasteiger partial charge in [0.25, 0.3) is 0 Å². The molecule has 2 N–H and O–H groups in total. The van der Waals surface area contributed by atoms with E-state index >= 15 is 0 Å². The highest BCUT2D eigenvalue weighted by molar-refractivity contribution is 7.10. The Labute approximate surface area is 138 Å². The molecule has 0 fully saturated rings. The monoisotopic (exact) mass is 330 g/mol. The molecule has 6 nitrogen and oxygen atoms in total. The molecule has 0 bridgehead atoms. The molecule has 3 aromatic heterocycles. The van der Waals surface area contributed by atoms with Crippen LogP contribution >= 0.6 is 11.3 Å². The van der Waals surface area contributed by atoms with Crippen LogP contribution in [0.4, 0.5) is 0 Å². The van der Waals surface area contributed by atoms with Gasteiger partial charge in [0.2, 0.25) is 11.7 Å². The summed E-state index contributed by atoms with van der Waals surface area (Å²) in [6, 6.07) is 7.97. The van der Waals surface area contributed by atoms with E-state index in [1.807, 2.05) is 36.6 Å². The van der Waals surface area contributed by atoms with Crippen LogP contribution in [0.2, 0.25) is 0 Å². The average Bonchev–Trinajstić information content (AvgIpc) is 3.23. The summed E-state index contributed by atoms with van der Waals surface area (Å²) in [7, 11) is 0. The first-order chi connectivity index (χ1) is 11.3. The summed E-state index contributed by atoms with van der Waals surface area (Å²) in [6.45, 7) is 2.56. The second-order valence-corrected chi connectivity index (χ2v) is 6.17. The Balaban J connectivity index is 1.67. The molecule has 0 aromatic carbocycles. The number of aromatic nitrogens is 3. The lowest BCUT2D eigenvalue weighted by molar-refractivity contribution is 0.262. The van der Waals surface area contributed by atoms with Crippen LogP contribution in [0, 0.1) is 6.92 Å². The molecular weight excluding hydrogens is 312 g/mol. The molecule has 1 atom stereocenters. The third-order valence-electron chi connectivity index (χ3n) is 3.42. The minimum absolute atomic E-state index is 0.0763. The molecule has 0 aliphatic rings. The fraction of sp³-hybridized carbons (Fsp3) is 0.312. The Kier molecular flexibility index (Phi) is 5.12.